The van der Waals surface area contributed by atoms with Gasteiger partial charge in [0.2, 0.25) is 0 Å². The third-order valence-corrected chi connectivity index (χ3v) is 5.85. The molecule has 1 aliphatic heterocycles. The van der Waals surface area contributed by atoms with Crippen molar-refractivity contribution in [2.24, 2.45) is 0 Å². The summed E-state index contributed by atoms with van der Waals surface area (Å²) in [6.45, 7) is 1.92. The quantitative estimate of drug-likeness (QED) is 0.268. The van der Waals surface area contributed by atoms with E-state index in [-0.39, 0.29) is 5.75 Å². The first-order chi connectivity index (χ1) is 16.9. The first-order valence-electron chi connectivity index (χ1n) is 10.9. The monoisotopic (exact) mass is 494 g/mol. The molecule has 1 heterocycles. The molecule has 0 saturated heterocycles. The number of non-ortho nitro benzene ring substituents is 2. The second-order valence-corrected chi connectivity index (χ2v) is 8.55. The van der Waals surface area contributed by atoms with Crippen molar-refractivity contribution in [1.29, 1.82) is 0 Å². The fourth-order valence-corrected chi connectivity index (χ4v) is 3.94. The van der Waals surface area contributed by atoms with Crippen molar-refractivity contribution < 1.29 is 14.6 Å². The van der Waals surface area contributed by atoms with Crippen molar-refractivity contribution in [1.82, 2.24) is 9.80 Å². The van der Waals surface area contributed by atoms with Gasteiger partial charge < -0.3 is 14.5 Å². The Morgan fingerprint density at radius 1 is 0.886 bits per heavy atom. The molecule has 0 fully saturated rings. The molecule has 180 valence electrons. The van der Waals surface area contributed by atoms with Crippen molar-refractivity contribution in [2.75, 3.05) is 19.8 Å². The maximum Gasteiger partial charge on any atom is 0.280 e. The maximum atomic E-state index is 11.3. The highest BCUT2D eigenvalue weighted by atomic mass is 35.5. The molecule has 0 spiro atoms. The lowest BCUT2D eigenvalue weighted by molar-refractivity contribution is -0.394. The van der Waals surface area contributed by atoms with Crippen LogP contribution in [0, 0.1) is 20.2 Å². The number of nitro benzene ring substituents is 2. The lowest BCUT2D eigenvalue weighted by Gasteiger charge is -2.27. The van der Waals surface area contributed by atoms with E-state index in [1.54, 1.807) is 12.1 Å². The van der Waals surface area contributed by atoms with Gasteiger partial charge in [-0.15, -0.1) is 0 Å². The van der Waals surface area contributed by atoms with E-state index in [2.05, 4.69) is 21.9 Å². The van der Waals surface area contributed by atoms with Crippen LogP contribution in [-0.2, 0) is 6.42 Å². The number of hydrogen-bond acceptors (Lipinski definition) is 7. The maximum absolute atomic E-state index is 11.3. The van der Waals surface area contributed by atoms with Crippen LogP contribution in [0.3, 0.4) is 0 Å². The lowest BCUT2D eigenvalue weighted by atomic mass is 10.1. The van der Waals surface area contributed by atoms with Crippen molar-refractivity contribution in [3.63, 3.8) is 0 Å². The molecule has 10 heteroatoms. The fourth-order valence-electron chi connectivity index (χ4n) is 3.81. The minimum atomic E-state index is -0.676. The highest BCUT2D eigenvalue weighted by Gasteiger charge is 2.23. The molecule has 0 amide bonds. The van der Waals surface area contributed by atoms with Gasteiger partial charge in [0.25, 0.3) is 11.4 Å². The third-order valence-electron chi connectivity index (χ3n) is 5.60. The Balaban J connectivity index is 1.49. The number of hydrogen-bond donors (Lipinski definition) is 0. The van der Waals surface area contributed by atoms with Gasteiger partial charge in [0, 0.05) is 24.0 Å². The van der Waals surface area contributed by atoms with E-state index in [4.69, 9.17) is 16.3 Å². The van der Waals surface area contributed by atoms with Gasteiger partial charge in [-0.1, -0.05) is 54.1 Å². The summed E-state index contributed by atoms with van der Waals surface area (Å²) in [6.07, 6.45) is 4.34. The molecule has 9 nitrogen and oxygen atoms in total. The van der Waals surface area contributed by atoms with Crippen LogP contribution in [0.5, 0.6) is 5.75 Å². The van der Waals surface area contributed by atoms with E-state index in [0.717, 1.165) is 24.6 Å². The molecule has 4 rings (SSSR count). The molecule has 35 heavy (non-hydrogen) atoms. The summed E-state index contributed by atoms with van der Waals surface area (Å²) in [6, 6.07) is 20.6. The average Bonchev–Trinajstić information content (AvgIpc) is 3.30. The molecule has 3 aromatic rings. The van der Waals surface area contributed by atoms with Crippen molar-refractivity contribution >= 4 is 23.0 Å². The largest absolute Gasteiger partial charge is 0.483 e. The summed E-state index contributed by atoms with van der Waals surface area (Å²) < 4.78 is 6.10. The Hall–Kier alpha value is -4.11. The second-order valence-electron chi connectivity index (χ2n) is 8.12. The molecular formula is C25H23ClN4O5. The Bertz CT molecular complexity index is 1190. The van der Waals surface area contributed by atoms with Gasteiger partial charge in [-0.2, -0.15) is 0 Å². The first kappa shape index (κ1) is 24.0. The van der Waals surface area contributed by atoms with Gasteiger partial charge in [-0.25, -0.2) is 0 Å². The number of halogens is 1. The van der Waals surface area contributed by atoms with E-state index in [1.165, 1.54) is 17.7 Å². The van der Waals surface area contributed by atoms with Crippen molar-refractivity contribution in [3.05, 3.63) is 122 Å². The zero-order chi connectivity index (χ0) is 24.8. The van der Waals surface area contributed by atoms with Crippen LogP contribution in [0.1, 0.15) is 17.2 Å². The van der Waals surface area contributed by atoms with Crippen LogP contribution >= 0.6 is 11.6 Å². The van der Waals surface area contributed by atoms with Crippen molar-refractivity contribution in [2.45, 2.75) is 12.5 Å². The topological polar surface area (TPSA) is 102 Å². The molecule has 1 aliphatic rings. The van der Waals surface area contributed by atoms with Crippen LogP contribution in [0.4, 0.5) is 11.4 Å². The molecule has 0 saturated carbocycles. The van der Waals surface area contributed by atoms with Crippen LogP contribution in [0.25, 0.3) is 0 Å². The summed E-state index contributed by atoms with van der Waals surface area (Å²) >= 11 is 6.04. The van der Waals surface area contributed by atoms with Crippen LogP contribution in [0.15, 0.2) is 85.2 Å². The Labute approximate surface area is 207 Å². The standard InChI is InChI=1S/C25H23ClN4O5/c26-21-8-6-20(7-9-21)25(35-24-15-22(29(31)32)14-23(16-24)30(33)34)17-28-13-12-27(18-28)11-10-19-4-2-1-3-5-19/h1-9,12-16,25H,10-11,17-18H2. The average molecular weight is 495 g/mol. The fraction of sp³-hybridized carbons (Fsp3) is 0.200. The van der Waals surface area contributed by atoms with E-state index in [9.17, 15) is 20.2 Å². The van der Waals surface area contributed by atoms with E-state index >= 15 is 0 Å². The minimum Gasteiger partial charge on any atom is -0.483 e. The van der Waals surface area contributed by atoms with Gasteiger partial charge in [-0.05, 0) is 29.7 Å². The zero-order valence-electron chi connectivity index (χ0n) is 18.7. The molecular weight excluding hydrogens is 472 g/mol. The van der Waals surface area contributed by atoms with Crippen LogP contribution in [-0.4, -0.2) is 39.4 Å². The van der Waals surface area contributed by atoms with Crippen LogP contribution < -0.4 is 4.74 Å². The first-order valence-corrected chi connectivity index (χ1v) is 11.3. The predicted octanol–water partition coefficient (Wildman–Crippen LogP) is 5.57. The molecule has 0 N–H and O–H groups in total. The highest BCUT2D eigenvalue weighted by Crippen LogP contribution is 2.32. The van der Waals surface area contributed by atoms with E-state index in [1.807, 2.05) is 42.7 Å². The van der Waals surface area contributed by atoms with E-state index < -0.39 is 27.3 Å². The van der Waals surface area contributed by atoms with Gasteiger partial charge in [0.1, 0.15) is 11.9 Å². The summed E-state index contributed by atoms with van der Waals surface area (Å²) in [5.41, 5.74) is 1.24. The summed E-state index contributed by atoms with van der Waals surface area (Å²) in [4.78, 5) is 25.5. The Kier molecular flexibility index (Phi) is 7.47. The SMILES string of the molecule is O=[N+]([O-])c1cc(OC(CN2C=CN(CCc3ccccc3)C2)c2ccc(Cl)cc2)cc([N+](=O)[O-])c1. The Morgan fingerprint density at radius 2 is 1.51 bits per heavy atom. The van der Waals surface area contributed by atoms with Gasteiger partial charge in [0.15, 0.2) is 0 Å². The van der Waals surface area contributed by atoms with Crippen molar-refractivity contribution in [3.8, 4) is 5.75 Å². The number of nitrogens with zero attached hydrogens (tertiary/aromatic N) is 4. The highest BCUT2D eigenvalue weighted by molar-refractivity contribution is 6.30. The molecule has 3 aromatic carbocycles. The smallest absolute Gasteiger partial charge is 0.280 e. The minimum absolute atomic E-state index is 0.0509. The normalized spacial score (nSPS) is 13.6. The predicted molar refractivity (Wildman–Crippen MR) is 132 cm³/mol. The Morgan fingerprint density at radius 3 is 2.14 bits per heavy atom. The zero-order valence-corrected chi connectivity index (χ0v) is 19.5. The number of ether oxygens (including phenoxy) is 1. The molecule has 0 bridgehead atoms. The second kappa shape index (κ2) is 10.9. The molecule has 0 aromatic heterocycles. The summed E-state index contributed by atoms with van der Waals surface area (Å²) in [5, 5.41) is 23.1. The number of benzene rings is 3. The summed E-state index contributed by atoms with van der Waals surface area (Å²) in [5.74, 6) is 0.0509. The summed E-state index contributed by atoms with van der Waals surface area (Å²) in [7, 11) is 0. The van der Waals surface area contributed by atoms with Gasteiger partial charge in [0.05, 0.1) is 41.3 Å². The number of nitro groups is 2. The molecule has 1 unspecified atom stereocenters. The molecule has 1 atom stereocenters. The lowest BCUT2D eigenvalue weighted by Crippen LogP contribution is -2.31. The third kappa shape index (κ3) is 6.48. The van der Waals surface area contributed by atoms with Gasteiger partial charge in [-0.3, -0.25) is 20.2 Å². The number of rotatable bonds is 10. The molecule has 0 aliphatic carbocycles. The van der Waals surface area contributed by atoms with Crippen LogP contribution in [0.2, 0.25) is 5.02 Å². The van der Waals surface area contributed by atoms with E-state index in [0.29, 0.717) is 18.2 Å². The van der Waals surface area contributed by atoms with Gasteiger partial charge >= 0.3 is 0 Å². The molecule has 0 radical (unpaired) electrons.